The fourth-order valence-electron chi connectivity index (χ4n) is 2.14. The Morgan fingerprint density at radius 1 is 1.24 bits per heavy atom. The van der Waals surface area contributed by atoms with E-state index in [0.29, 0.717) is 5.92 Å². The van der Waals surface area contributed by atoms with Crippen LogP contribution in [0, 0.1) is 12.8 Å². The first-order valence-corrected chi connectivity index (χ1v) is 6.36. The SMILES string of the molecule is Cc1oc2ccccc2c1CCNCC(C)C. The highest BCUT2D eigenvalue weighted by Gasteiger charge is 2.09. The predicted octanol–water partition coefficient (Wildman–Crippen LogP) is 3.53. The lowest BCUT2D eigenvalue weighted by Crippen LogP contribution is -2.22. The van der Waals surface area contributed by atoms with Crippen molar-refractivity contribution in [1.82, 2.24) is 5.32 Å². The first-order valence-electron chi connectivity index (χ1n) is 6.36. The highest BCUT2D eigenvalue weighted by atomic mass is 16.3. The number of hydrogen-bond donors (Lipinski definition) is 1. The third-order valence-electron chi connectivity index (χ3n) is 3.00. The van der Waals surface area contributed by atoms with Crippen molar-refractivity contribution in [2.45, 2.75) is 27.2 Å². The Morgan fingerprint density at radius 3 is 2.76 bits per heavy atom. The molecule has 0 atom stereocenters. The molecule has 1 aromatic heterocycles. The van der Waals surface area contributed by atoms with Crippen molar-refractivity contribution in [3.05, 3.63) is 35.6 Å². The smallest absolute Gasteiger partial charge is 0.134 e. The van der Waals surface area contributed by atoms with Crippen LogP contribution in [0.5, 0.6) is 0 Å². The second-order valence-corrected chi connectivity index (χ2v) is 4.98. The minimum absolute atomic E-state index is 0.706. The summed E-state index contributed by atoms with van der Waals surface area (Å²) in [7, 11) is 0. The molecule has 2 aromatic rings. The Balaban J connectivity index is 2.05. The van der Waals surface area contributed by atoms with Crippen LogP contribution >= 0.6 is 0 Å². The maximum atomic E-state index is 5.75. The van der Waals surface area contributed by atoms with Crippen LogP contribution in [0.25, 0.3) is 11.0 Å². The molecule has 0 aliphatic rings. The van der Waals surface area contributed by atoms with Gasteiger partial charge in [-0.2, -0.15) is 0 Å². The van der Waals surface area contributed by atoms with E-state index in [1.165, 1.54) is 10.9 Å². The molecule has 17 heavy (non-hydrogen) atoms. The van der Waals surface area contributed by atoms with Crippen LogP contribution in [0.4, 0.5) is 0 Å². The van der Waals surface area contributed by atoms with E-state index in [9.17, 15) is 0 Å². The summed E-state index contributed by atoms with van der Waals surface area (Å²) >= 11 is 0. The lowest BCUT2D eigenvalue weighted by molar-refractivity contribution is 0.545. The van der Waals surface area contributed by atoms with Gasteiger partial charge in [0.15, 0.2) is 0 Å². The van der Waals surface area contributed by atoms with Crippen LogP contribution < -0.4 is 5.32 Å². The molecule has 0 aliphatic carbocycles. The van der Waals surface area contributed by atoms with Gasteiger partial charge in [0, 0.05) is 10.9 Å². The van der Waals surface area contributed by atoms with Gasteiger partial charge in [-0.05, 0) is 38.4 Å². The van der Waals surface area contributed by atoms with Crippen LogP contribution in [0.3, 0.4) is 0 Å². The van der Waals surface area contributed by atoms with Crippen molar-refractivity contribution < 1.29 is 4.42 Å². The molecule has 0 bridgehead atoms. The fourth-order valence-corrected chi connectivity index (χ4v) is 2.14. The number of rotatable bonds is 5. The quantitative estimate of drug-likeness (QED) is 0.796. The number of hydrogen-bond acceptors (Lipinski definition) is 2. The van der Waals surface area contributed by atoms with E-state index in [2.05, 4.69) is 38.2 Å². The van der Waals surface area contributed by atoms with E-state index in [1.807, 2.05) is 12.1 Å². The summed E-state index contributed by atoms with van der Waals surface area (Å²) < 4.78 is 5.75. The van der Waals surface area contributed by atoms with E-state index in [-0.39, 0.29) is 0 Å². The Kier molecular flexibility index (Phi) is 3.85. The van der Waals surface area contributed by atoms with E-state index >= 15 is 0 Å². The largest absolute Gasteiger partial charge is 0.461 e. The third kappa shape index (κ3) is 2.89. The number of nitrogens with one attached hydrogen (secondary N) is 1. The average molecular weight is 231 g/mol. The Morgan fingerprint density at radius 2 is 2.00 bits per heavy atom. The third-order valence-corrected chi connectivity index (χ3v) is 3.00. The molecular formula is C15H21NO. The summed E-state index contributed by atoms with van der Waals surface area (Å²) in [4.78, 5) is 0. The molecule has 0 radical (unpaired) electrons. The van der Waals surface area contributed by atoms with Gasteiger partial charge in [0.05, 0.1) is 0 Å². The zero-order chi connectivity index (χ0) is 12.3. The van der Waals surface area contributed by atoms with Crippen molar-refractivity contribution in [3.8, 4) is 0 Å². The molecule has 1 heterocycles. The van der Waals surface area contributed by atoms with Gasteiger partial charge in [-0.25, -0.2) is 0 Å². The molecule has 1 aromatic carbocycles. The second-order valence-electron chi connectivity index (χ2n) is 4.98. The van der Waals surface area contributed by atoms with Crippen LogP contribution in [0.15, 0.2) is 28.7 Å². The second kappa shape index (κ2) is 5.37. The van der Waals surface area contributed by atoms with Gasteiger partial charge in [-0.3, -0.25) is 0 Å². The summed E-state index contributed by atoms with van der Waals surface area (Å²) in [5.74, 6) is 1.76. The van der Waals surface area contributed by atoms with Gasteiger partial charge in [-0.1, -0.05) is 32.0 Å². The summed E-state index contributed by atoms with van der Waals surface area (Å²) in [6.45, 7) is 8.60. The Hall–Kier alpha value is -1.28. The minimum Gasteiger partial charge on any atom is -0.461 e. The van der Waals surface area contributed by atoms with Crippen LogP contribution in [0.1, 0.15) is 25.2 Å². The van der Waals surface area contributed by atoms with Crippen molar-refractivity contribution in [1.29, 1.82) is 0 Å². The molecule has 0 saturated heterocycles. The molecule has 0 saturated carbocycles. The molecule has 0 unspecified atom stereocenters. The zero-order valence-corrected chi connectivity index (χ0v) is 10.9. The van der Waals surface area contributed by atoms with Gasteiger partial charge in [0.1, 0.15) is 11.3 Å². The lowest BCUT2D eigenvalue weighted by atomic mass is 10.1. The van der Waals surface area contributed by atoms with Gasteiger partial charge in [0.25, 0.3) is 0 Å². The highest BCUT2D eigenvalue weighted by molar-refractivity contribution is 5.82. The average Bonchev–Trinajstić information content (AvgIpc) is 2.60. The van der Waals surface area contributed by atoms with Crippen LogP contribution in [0.2, 0.25) is 0 Å². The van der Waals surface area contributed by atoms with E-state index in [4.69, 9.17) is 4.42 Å². The summed E-state index contributed by atoms with van der Waals surface area (Å²) in [6, 6.07) is 8.27. The van der Waals surface area contributed by atoms with Crippen LogP contribution in [-0.2, 0) is 6.42 Å². The van der Waals surface area contributed by atoms with Gasteiger partial charge in [0.2, 0.25) is 0 Å². The number of para-hydroxylation sites is 1. The van der Waals surface area contributed by atoms with Crippen molar-refractivity contribution in [2.75, 3.05) is 13.1 Å². The Labute approximate surface area is 103 Å². The van der Waals surface area contributed by atoms with Crippen molar-refractivity contribution >= 4 is 11.0 Å². The zero-order valence-electron chi connectivity index (χ0n) is 10.9. The van der Waals surface area contributed by atoms with Crippen molar-refractivity contribution in [2.24, 2.45) is 5.92 Å². The standard InChI is InChI=1S/C15H21NO/c1-11(2)10-16-9-8-13-12(3)17-15-7-5-4-6-14(13)15/h4-7,11,16H,8-10H2,1-3H3. The molecule has 2 nitrogen and oxygen atoms in total. The molecule has 1 N–H and O–H groups in total. The van der Waals surface area contributed by atoms with Gasteiger partial charge < -0.3 is 9.73 Å². The first-order chi connectivity index (χ1) is 8.18. The van der Waals surface area contributed by atoms with Gasteiger partial charge >= 0.3 is 0 Å². The number of furan rings is 1. The number of aryl methyl sites for hydroxylation is 1. The maximum absolute atomic E-state index is 5.75. The highest BCUT2D eigenvalue weighted by Crippen LogP contribution is 2.25. The van der Waals surface area contributed by atoms with Crippen molar-refractivity contribution in [3.63, 3.8) is 0 Å². The molecule has 0 fully saturated rings. The number of fused-ring (bicyclic) bond motifs is 1. The summed E-state index contributed by atoms with van der Waals surface area (Å²) in [6.07, 6.45) is 1.04. The summed E-state index contributed by atoms with van der Waals surface area (Å²) in [5.41, 5.74) is 2.35. The molecule has 0 aliphatic heterocycles. The van der Waals surface area contributed by atoms with E-state index < -0.39 is 0 Å². The molecule has 0 spiro atoms. The van der Waals surface area contributed by atoms with E-state index in [0.717, 1.165) is 30.9 Å². The first kappa shape index (κ1) is 12.2. The molecule has 92 valence electrons. The molecule has 2 rings (SSSR count). The predicted molar refractivity (Wildman–Crippen MR) is 72.4 cm³/mol. The van der Waals surface area contributed by atoms with Crippen LogP contribution in [-0.4, -0.2) is 13.1 Å². The Bertz CT molecular complexity index is 485. The topological polar surface area (TPSA) is 25.2 Å². The molecule has 2 heteroatoms. The molecule has 0 amide bonds. The molecular weight excluding hydrogens is 210 g/mol. The fraction of sp³-hybridized carbons (Fsp3) is 0.467. The minimum atomic E-state index is 0.706. The normalized spacial score (nSPS) is 11.5. The van der Waals surface area contributed by atoms with E-state index in [1.54, 1.807) is 0 Å². The monoisotopic (exact) mass is 231 g/mol. The van der Waals surface area contributed by atoms with Gasteiger partial charge in [-0.15, -0.1) is 0 Å². The summed E-state index contributed by atoms with van der Waals surface area (Å²) in [5, 5.41) is 4.73. The number of benzene rings is 1. The maximum Gasteiger partial charge on any atom is 0.134 e. The lowest BCUT2D eigenvalue weighted by Gasteiger charge is -2.06.